The summed E-state index contributed by atoms with van der Waals surface area (Å²) in [5.41, 5.74) is 3.07. The first kappa shape index (κ1) is 19.1. The van der Waals surface area contributed by atoms with E-state index in [1.807, 2.05) is 32.2 Å². The van der Waals surface area contributed by atoms with Crippen LogP contribution < -0.4 is 4.90 Å². The molecule has 6 heteroatoms. The van der Waals surface area contributed by atoms with E-state index in [2.05, 4.69) is 28.6 Å². The zero-order valence-corrected chi connectivity index (χ0v) is 15.8. The van der Waals surface area contributed by atoms with Crippen LogP contribution >= 0.6 is 11.8 Å². The Balaban J connectivity index is 2.12. The van der Waals surface area contributed by atoms with Gasteiger partial charge in [0.05, 0.1) is 18.2 Å². The fraction of sp³-hybridized carbons (Fsp3) is 0.421. The molecule has 0 aliphatic carbocycles. The summed E-state index contributed by atoms with van der Waals surface area (Å²) >= 11 is 1.44. The minimum absolute atomic E-state index is 0.00343. The van der Waals surface area contributed by atoms with Crippen LogP contribution in [0.3, 0.4) is 0 Å². The van der Waals surface area contributed by atoms with Crippen LogP contribution in [0.1, 0.15) is 30.9 Å². The van der Waals surface area contributed by atoms with Crippen LogP contribution in [-0.4, -0.2) is 27.8 Å². The van der Waals surface area contributed by atoms with E-state index in [4.69, 9.17) is 5.26 Å². The van der Waals surface area contributed by atoms with Crippen LogP contribution in [0.15, 0.2) is 35.7 Å². The Bertz CT molecular complexity index is 743. The third-order valence-corrected chi connectivity index (χ3v) is 4.72. The van der Waals surface area contributed by atoms with Crippen molar-refractivity contribution in [2.75, 3.05) is 17.2 Å². The molecule has 1 aromatic heterocycles. The highest BCUT2D eigenvalue weighted by Crippen LogP contribution is 2.22. The average molecular weight is 356 g/mol. The number of aromatic nitrogens is 2. The molecule has 1 aromatic carbocycles. The smallest absolute Gasteiger partial charge is 0.237 e. The van der Waals surface area contributed by atoms with Gasteiger partial charge in [0.15, 0.2) is 5.16 Å². The largest absolute Gasteiger partial charge is 0.326 e. The van der Waals surface area contributed by atoms with E-state index in [1.54, 1.807) is 11.1 Å². The van der Waals surface area contributed by atoms with Crippen molar-refractivity contribution in [3.05, 3.63) is 41.7 Å². The molecule has 0 atom stereocenters. The molecule has 0 bridgehead atoms. The second-order valence-electron chi connectivity index (χ2n) is 5.99. The van der Waals surface area contributed by atoms with Gasteiger partial charge in [-0.25, -0.2) is 4.98 Å². The number of aryl methyl sites for hydroxylation is 3. The molecule has 0 unspecified atom stereocenters. The second kappa shape index (κ2) is 9.28. The number of nitrogens with zero attached hydrogens (tertiary/aromatic N) is 4. The summed E-state index contributed by atoms with van der Waals surface area (Å²) in [5, 5.41) is 9.78. The number of carbonyl (C=O) groups excluding carboxylic acids is 1. The van der Waals surface area contributed by atoms with Gasteiger partial charge in [0.25, 0.3) is 0 Å². The second-order valence-corrected chi connectivity index (χ2v) is 6.93. The lowest BCUT2D eigenvalue weighted by molar-refractivity contribution is -0.116. The topological polar surface area (TPSA) is 61.9 Å². The number of carbonyl (C=O) groups is 1. The number of rotatable bonds is 8. The maximum atomic E-state index is 12.8. The van der Waals surface area contributed by atoms with Gasteiger partial charge in [-0.05, 0) is 43.5 Å². The van der Waals surface area contributed by atoms with Gasteiger partial charge < -0.3 is 9.47 Å². The number of thioether (sulfide) groups is 1. The standard InChI is InChI=1S/C19H24N4OS/c1-4-8-22-10-7-21-19(22)25-14-18(24)23(9-5-6-20)17-12-15(2)11-16(3)13-17/h7,10-13H,4-5,8-9,14H2,1-3H3. The van der Waals surface area contributed by atoms with Gasteiger partial charge in [-0.2, -0.15) is 5.26 Å². The molecule has 0 spiro atoms. The van der Waals surface area contributed by atoms with Crippen LogP contribution in [0.4, 0.5) is 5.69 Å². The predicted molar refractivity (Wildman–Crippen MR) is 102 cm³/mol. The molecule has 0 radical (unpaired) electrons. The molecule has 2 aromatic rings. The highest BCUT2D eigenvalue weighted by molar-refractivity contribution is 7.99. The van der Waals surface area contributed by atoms with E-state index in [9.17, 15) is 4.79 Å². The predicted octanol–water partition coefficient (Wildman–Crippen LogP) is 3.95. The van der Waals surface area contributed by atoms with Crippen LogP contribution in [0.25, 0.3) is 0 Å². The van der Waals surface area contributed by atoms with E-state index < -0.39 is 0 Å². The quantitative estimate of drug-likeness (QED) is 0.672. The van der Waals surface area contributed by atoms with Crippen molar-refractivity contribution in [1.29, 1.82) is 5.26 Å². The highest BCUT2D eigenvalue weighted by Gasteiger charge is 2.17. The van der Waals surface area contributed by atoms with Crippen LogP contribution in [0, 0.1) is 25.2 Å². The fourth-order valence-corrected chi connectivity index (χ4v) is 3.58. The number of anilines is 1. The number of amides is 1. The summed E-state index contributed by atoms with van der Waals surface area (Å²) in [6.07, 6.45) is 5.04. The molecular weight excluding hydrogens is 332 g/mol. The first-order chi connectivity index (χ1) is 12.0. The summed E-state index contributed by atoms with van der Waals surface area (Å²) in [4.78, 5) is 18.8. The van der Waals surface area contributed by atoms with Gasteiger partial charge in [0.2, 0.25) is 5.91 Å². The summed E-state index contributed by atoms with van der Waals surface area (Å²) in [5.74, 6) is 0.301. The van der Waals surface area contributed by atoms with Crippen LogP contribution in [0.2, 0.25) is 0 Å². The monoisotopic (exact) mass is 356 g/mol. The lowest BCUT2D eigenvalue weighted by atomic mass is 10.1. The van der Waals surface area contributed by atoms with Crippen molar-refractivity contribution in [2.24, 2.45) is 0 Å². The van der Waals surface area contributed by atoms with Gasteiger partial charge in [-0.15, -0.1) is 0 Å². The molecule has 2 rings (SSSR count). The van der Waals surface area contributed by atoms with Crippen molar-refractivity contribution >= 4 is 23.4 Å². The van der Waals surface area contributed by atoms with Gasteiger partial charge >= 0.3 is 0 Å². The van der Waals surface area contributed by atoms with E-state index in [0.717, 1.165) is 34.9 Å². The Morgan fingerprint density at radius 2 is 2.04 bits per heavy atom. The van der Waals surface area contributed by atoms with Crippen LogP contribution in [-0.2, 0) is 11.3 Å². The molecule has 0 saturated carbocycles. The van der Waals surface area contributed by atoms with Gasteiger partial charge in [0, 0.05) is 31.2 Å². The SMILES string of the molecule is CCCn1ccnc1SCC(=O)N(CCC#N)c1cc(C)cc(C)c1. The number of imidazole rings is 1. The Morgan fingerprint density at radius 1 is 1.32 bits per heavy atom. The molecule has 0 N–H and O–H groups in total. The molecule has 25 heavy (non-hydrogen) atoms. The van der Waals surface area contributed by atoms with E-state index in [-0.39, 0.29) is 5.91 Å². The van der Waals surface area contributed by atoms with E-state index in [0.29, 0.717) is 18.7 Å². The van der Waals surface area contributed by atoms with Crippen molar-refractivity contribution in [2.45, 2.75) is 45.3 Å². The first-order valence-corrected chi connectivity index (χ1v) is 9.43. The number of hydrogen-bond donors (Lipinski definition) is 0. The third kappa shape index (κ3) is 5.36. The normalized spacial score (nSPS) is 10.5. The first-order valence-electron chi connectivity index (χ1n) is 8.44. The number of benzene rings is 1. The third-order valence-electron chi connectivity index (χ3n) is 3.73. The fourth-order valence-electron chi connectivity index (χ4n) is 2.72. The maximum absolute atomic E-state index is 12.8. The van der Waals surface area contributed by atoms with Gasteiger partial charge in [-0.1, -0.05) is 24.8 Å². The molecule has 1 amide bonds. The summed E-state index contributed by atoms with van der Waals surface area (Å²) in [7, 11) is 0. The van der Waals surface area contributed by atoms with Crippen LogP contribution in [0.5, 0.6) is 0 Å². The van der Waals surface area contributed by atoms with Crippen molar-refractivity contribution in [1.82, 2.24) is 9.55 Å². The lowest BCUT2D eigenvalue weighted by Gasteiger charge is -2.22. The molecule has 132 valence electrons. The zero-order chi connectivity index (χ0) is 18.2. The molecule has 5 nitrogen and oxygen atoms in total. The maximum Gasteiger partial charge on any atom is 0.237 e. The molecule has 0 aliphatic heterocycles. The van der Waals surface area contributed by atoms with Crippen molar-refractivity contribution in [3.63, 3.8) is 0 Å². The van der Waals surface area contributed by atoms with E-state index in [1.165, 1.54) is 11.8 Å². The molecule has 0 fully saturated rings. The average Bonchev–Trinajstić information content (AvgIpc) is 3.00. The number of hydrogen-bond acceptors (Lipinski definition) is 4. The minimum atomic E-state index is -0.00343. The van der Waals surface area contributed by atoms with Gasteiger partial charge in [0.1, 0.15) is 0 Å². The van der Waals surface area contributed by atoms with E-state index >= 15 is 0 Å². The van der Waals surface area contributed by atoms with Crippen molar-refractivity contribution in [3.8, 4) is 6.07 Å². The lowest BCUT2D eigenvalue weighted by Crippen LogP contribution is -2.33. The Morgan fingerprint density at radius 3 is 2.68 bits per heavy atom. The minimum Gasteiger partial charge on any atom is -0.326 e. The molecule has 0 aliphatic rings. The Labute approximate surface area is 153 Å². The van der Waals surface area contributed by atoms with Crippen molar-refractivity contribution < 1.29 is 4.79 Å². The zero-order valence-electron chi connectivity index (χ0n) is 15.0. The molecular formula is C19H24N4OS. The van der Waals surface area contributed by atoms with Gasteiger partial charge in [-0.3, -0.25) is 4.79 Å². The summed E-state index contributed by atoms with van der Waals surface area (Å²) < 4.78 is 2.06. The molecule has 0 saturated heterocycles. The molecule has 1 heterocycles. The number of nitriles is 1. The summed E-state index contributed by atoms with van der Waals surface area (Å²) in [6, 6.07) is 8.19. The highest BCUT2D eigenvalue weighted by atomic mass is 32.2. The summed E-state index contributed by atoms with van der Waals surface area (Å²) in [6.45, 7) is 7.44. The Kier molecular flexibility index (Phi) is 7.08. The Hall–Kier alpha value is -2.26.